The summed E-state index contributed by atoms with van der Waals surface area (Å²) in [5.41, 5.74) is 6.29. The van der Waals surface area contributed by atoms with E-state index in [4.69, 9.17) is 15.2 Å². The molecule has 1 fully saturated rings. The number of carbonyl (C=O) groups excluding carboxylic acids is 1. The van der Waals surface area contributed by atoms with Crippen LogP contribution in [0.1, 0.15) is 6.42 Å². The predicted octanol–water partition coefficient (Wildman–Crippen LogP) is 1.02. The van der Waals surface area contributed by atoms with Crippen molar-refractivity contribution in [2.45, 2.75) is 6.42 Å². The van der Waals surface area contributed by atoms with Gasteiger partial charge in [0.1, 0.15) is 11.5 Å². The third-order valence-corrected chi connectivity index (χ3v) is 3.32. The summed E-state index contributed by atoms with van der Waals surface area (Å²) in [6.07, 6.45) is 0.787. The van der Waals surface area contributed by atoms with Crippen LogP contribution in [0, 0.1) is 5.92 Å². The number of nitrogens with zero attached hydrogens (tertiary/aromatic N) is 1. The number of benzene rings is 1. The minimum atomic E-state index is -0.237. The fraction of sp³-hybridized carbons (Fsp3) is 0.462. The summed E-state index contributed by atoms with van der Waals surface area (Å²) in [7, 11) is 3.26. The molecule has 1 aliphatic heterocycles. The molecule has 1 amide bonds. The zero-order chi connectivity index (χ0) is 13.1. The van der Waals surface area contributed by atoms with Crippen LogP contribution in [0.2, 0.25) is 0 Å². The average Bonchev–Trinajstić information content (AvgIpc) is 2.87. The smallest absolute Gasteiger partial charge is 0.222 e. The van der Waals surface area contributed by atoms with E-state index >= 15 is 0 Å². The second kappa shape index (κ2) is 5.16. The zero-order valence-corrected chi connectivity index (χ0v) is 10.7. The van der Waals surface area contributed by atoms with Crippen molar-refractivity contribution < 1.29 is 14.3 Å². The van der Waals surface area contributed by atoms with E-state index in [-0.39, 0.29) is 11.8 Å². The lowest BCUT2D eigenvalue weighted by Gasteiger charge is -2.21. The molecule has 1 heterocycles. The molecule has 1 aliphatic rings. The van der Waals surface area contributed by atoms with Gasteiger partial charge in [0.15, 0.2) is 0 Å². The lowest BCUT2D eigenvalue weighted by molar-refractivity contribution is -0.121. The number of anilines is 1. The number of primary amides is 1. The van der Waals surface area contributed by atoms with Crippen molar-refractivity contribution in [1.29, 1.82) is 0 Å². The Hall–Kier alpha value is -1.91. The molecular weight excluding hydrogens is 232 g/mol. The summed E-state index contributed by atoms with van der Waals surface area (Å²) in [5, 5.41) is 0. The maximum atomic E-state index is 11.2. The third-order valence-electron chi connectivity index (χ3n) is 3.32. The molecule has 1 saturated heterocycles. The molecule has 0 aromatic heterocycles. The molecule has 98 valence electrons. The first kappa shape index (κ1) is 12.5. The molecule has 1 unspecified atom stereocenters. The van der Waals surface area contributed by atoms with Crippen molar-refractivity contribution >= 4 is 11.6 Å². The highest BCUT2D eigenvalue weighted by Crippen LogP contribution is 2.35. The molecule has 1 aromatic carbocycles. The van der Waals surface area contributed by atoms with Gasteiger partial charge in [-0.1, -0.05) is 0 Å². The van der Waals surface area contributed by atoms with E-state index < -0.39 is 0 Å². The molecule has 0 spiro atoms. The summed E-state index contributed by atoms with van der Waals surface area (Å²) in [5.74, 6) is 1.23. The van der Waals surface area contributed by atoms with Crippen LogP contribution in [0.15, 0.2) is 18.2 Å². The van der Waals surface area contributed by atoms with Gasteiger partial charge in [0.2, 0.25) is 5.91 Å². The standard InChI is InChI=1S/C13H18N2O3/c1-17-10-3-4-12(18-2)11(7-10)15-6-5-9(8-15)13(14)16/h3-4,7,9H,5-6,8H2,1-2H3,(H2,14,16). The van der Waals surface area contributed by atoms with Gasteiger partial charge in [-0.25, -0.2) is 0 Å². The van der Waals surface area contributed by atoms with E-state index in [1.165, 1.54) is 0 Å². The van der Waals surface area contributed by atoms with Crippen molar-refractivity contribution in [2.24, 2.45) is 11.7 Å². The van der Waals surface area contributed by atoms with Gasteiger partial charge in [-0.05, 0) is 18.6 Å². The number of rotatable bonds is 4. The van der Waals surface area contributed by atoms with Gasteiger partial charge in [-0.2, -0.15) is 0 Å². The van der Waals surface area contributed by atoms with Crippen molar-refractivity contribution in [1.82, 2.24) is 0 Å². The summed E-state index contributed by atoms with van der Waals surface area (Å²) in [6.45, 7) is 1.44. The van der Waals surface area contributed by atoms with Gasteiger partial charge >= 0.3 is 0 Å². The van der Waals surface area contributed by atoms with Crippen LogP contribution in [-0.2, 0) is 4.79 Å². The molecule has 2 N–H and O–H groups in total. The van der Waals surface area contributed by atoms with E-state index in [1.807, 2.05) is 18.2 Å². The van der Waals surface area contributed by atoms with Crippen molar-refractivity contribution in [2.75, 3.05) is 32.2 Å². The molecule has 0 saturated carbocycles. The van der Waals surface area contributed by atoms with Gasteiger partial charge in [-0.3, -0.25) is 4.79 Å². The lowest BCUT2D eigenvalue weighted by Crippen LogP contribution is -2.27. The van der Waals surface area contributed by atoms with E-state index in [0.717, 1.165) is 30.2 Å². The van der Waals surface area contributed by atoms with E-state index in [2.05, 4.69) is 4.90 Å². The van der Waals surface area contributed by atoms with Crippen molar-refractivity contribution in [3.05, 3.63) is 18.2 Å². The first-order valence-electron chi connectivity index (χ1n) is 5.92. The fourth-order valence-electron chi connectivity index (χ4n) is 2.26. The lowest BCUT2D eigenvalue weighted by atomic mass is 10.1. The fourth-order valence-corrected chi connectivity index (χ4v) is 2.26. The quantitative estimate of drug-likeness (QED) is 0.866. The minimum absolute atomic E-state index is 0.0825. The monoisotopic (exact) mass is 250 g/mol. The Bertz CT molecular complexity index is 448. The zero-order valence-electron chi connectivity index (χ0n) is 10.7. The van der Waals surface area contributed by atoms with Gasteiger partial charge in [0, 0.05) is 19.2 Å². The average molecular weight is 250 g/mol. The minimum Gasteiger partial charge on any atom is -0.497 e. The molecule has 5 heteroatoms. The first-order valence-corrected chi connectivity index (χ1v) is 5.92. The molecule has 18 heavy (non-hydrogen) atoms. The number of amides is 1. The topological polar surface area (TPSA) is 64.8 Å². The molecule has 0 bridgehead atoms. The number of methoxy groups -OCH3 is 2. The highest BCUT2D eigenvalue weighted by molar-refractivity contribution is 5.78. The molecule has 1 aromatic rings. The van der Waals surface area contributed by atoms with Crippen LogP contribution >= 0.6 is 0 Å². The third kappa shape index (κ3) is 2.34. The van der Waals surface area contributed by atoms with Gasteiger partial charge in [-0.15, -0.1) is 0 Å². The maximum Gasteiger partial charge on any atom is 0.222 e. The van der Waals surface area contributed by atoms with Crippen LogP contribution in [0.25, 0.3) is 0 Å². The Balaban J connectivity index is 2.24. The van der Waals surface area contributed by atoms with Gasteiger partial charge in [0.05, 0.1) is 25.8 Å². The van der Waals surface area contributed by atoms with E-state index in [9.17, 15) is 4.79 Å². The summed E-state index contributed by atoms with van der Waals surface area (Å²) in [6, 6.07) is 5.64. The Morgan fingerprint density at radius 2 is 2.17 bits per heavy atom. The second-order valence-corrected chi connectivity index (χ2v) is 4.37. The number of nitrogens with two attached hydrogens (primary N) is 1. The van der Waals surface area contributed by atoms with E-state index in [1.54, 1.807) is 14.2 Å². The number of hydrogen-bond acceptors (Lipinski definition) is 4. The van der Waals surface area contributed by atoms with Gasteiger partial charge < -0.3 is 20.1 Å². The summed E-state index contributed by atoms with van der Waals surface area (Å²) < 4.78 is 10.6. The van der Waals surface area contributed by atoms with Crippen molar-refractivity contribution in [3.8, 4) is 11.5 Å². The largest absolute Gasteiger partial charge is 0.497 e. The van der Waals surface area contributed by atoms with Crippen LogP contribution in [-0.4, -0.2) is 33.2 Å². The molecule has 2 rings (SSSR count). The van der Waals surface area contributed by atoms with Crippen LogP contribution in [0.5, 0.6) is 11.5 Å². The van der Waals surface area contributed by atoms with Gasteiger partial charge in [0.25, 0.3) is 0 Å². The predicted molar refractivity (Wildman–Crippen MR) is 69.1 cm³/mol. The highest BCUT2D eigenvalue weighted by Gasteiger charge is 2.28. The SMILES string of the molecule is COc1ccc(OC)c(N2CCC(C(N)=O)C2)c1. The molecule has 0 radical (unpaired) electrons. The molecule has 1 atom stereocenters. The van der Waals surface area contributed by atoms with Crippen LogP contribution < -0.4 is 20.1 Å². The Morgan fingerprint density at radius 3 is 2.72 bits per heavy atom. The number of hydrogen-bond donors (Lipinski definition) is 1. The number of ether oxygens (including phenoxy) is 2. The second-order valence-electron chi connectivity index (χ2n) is 4.37. The maximum absolute atomic E-state index is 11.2. The first-order chi connectivity index (χ1) is 8.65. The molecule has 0 aliphatic carbocycles. The number of carbonyl (C=O) groups is 1. The Morgan fingerprint density at radius 1 is 1.39 bits per heavy atom. The molecular formula is C13H18N2O3. The summed E-state index contributed by atoms with van der Waals surface area (Å²) >= 11 is 0. The molecule has 5 nitrogen and oxygen atoms in total. The Labute approximate surface area is 106 Å². The van der Waals surface area contributed by atoms with Crippen LogP contribution in [0.3, 0.4) is 0 Å². The summed E-state index contributed by atoms with van der Waals surface area (Å²) in [4.78, 5) is 13.3. The Kier molecular flexibility index (Phi) is 3.60. The van der Waals surface area contributed by atoms with E-state index in [0.29, 0.717) is 6.54 Å². The normalized spacial score (nSPS) is 18.8. The van der Waals surface area contributed by atoms with Crippen molar-refractivity contribution in [3.63, 3.8) is 0 Å². The van der Waals surface area contributed by atoms with Crippen LogP contribution in [0.4, 0.5) is 5.69 Å². The highest BCUT2D eigenvalue weighted by atomic mass is 16.5.